The summed E-state index contributed by atoms with van der Waals surface area (Å²) in [5, 5.41) is 3.88. The van der Waals surface area contributed by atoms with Crippen molar-refractivity contribution >= 4 is 32.6 Å². The number of benzene rings is 2. The molecular formula is C22H23FN4O3S. The van der Waals surface area contributed by atoms with Gasteiger partial charge in [0.2, 0.25) is 6.10 Å². The van der Waals surface area contributed by atoms with Crippen molar-refractivity contribution in [1.29, 1.82) is 0 Å². The zero-order chi connectivity index (χ0) is 21.2. The molecule has 5 rings (SSSR count). The average molecular weight is 443 g/mol. The van der Waals surface area contributed by atoms with Gasteiger partial charge >= 0.3 is 0 Å². The first-order valence-electron chi connectivity index (χ1n) is 10.4. The fraction of sp³-hybridized carbons (Fsp3) is 0.364. The molecule has 1 aromatic heterocycles. The van der Waals surface area contributed by atoms with E-state index in [0.717, 1.165) is 48.1 Å². The van der Waals surface area contributed by atoms with Crippen LogP contribution in [-0.4, -0.2) is 67.8 Å². The van der Waals surface area contributed by atoms with Gasteiger partial charge in [0.15, 0.2) is 16.6 Å². The number of carbonyl (C=O) groups excluding carboxylic acids is 1. The van der Waals surface area contributed by atoms with E-state index in [-0.39, 0.29) is 18.3 Å². The predicted molar refractivity (Wildman–Crippen MR) is 118 cm³/mol. The zero-order valence-corrected chi connectivity index (χ0v) is 17.7. The number of amides is 1. The number of hydrogen-bond donors (Lipinski definition) is 1. The van der Waals surface area contributed by atoms with Crippen molar-refractivity contribution in [3.8, 4) is 11.5 Å². The van der Waals surface area contributed by atoms with Gasteiger partial charge in [-0.05, 0) is 30.3 Å². The molecule has 0 bridgehead atoms. The number of aromatic nitrogens is 1. The van der Waals surface area contributed by atoms with Crippen LogP contribution in [0, 0.1) is 5.82 Å². The molecule has 2 aliphatic rings. The third-order valence-corrected chi connectivity index (χ3v) is 6.59. The van der Waals surface area contributed by atoms with Crippen LogP contribution in [-0.2, 0) is 4.79 Å². The first-order valence-corrected chi connectivity index (χ1v) is 11.2. The highest BCUT2D eigenvalue weighted by molar-refractivity contribution is 7.22. The molecule has 3 heterocycles. The van der Waals surface area contributed by atoms with Crippen LogP contribution >= 0.6 is 11.3 Å². The lowest BCUT2D eigenvalue weighted by atomic mass is 10.2. The van der Waals surface area contributed by atoms with E-state index in [9.17, 15) is 9.18 Å². The largest absolute Gasteiger partial charge is 0.485 e. The molecule has 31 heavy (non-hydrogen) atoms. The summed E-state index contributed by atoms with van der Waals surface area (Å²) >= 11 is 1.53. The predicted octanol–water partition coefficient (Wildman–Crippen LogP) is 2.51. The first kappa shape index (κ1) is 20.0. The maximum absolute atomic E-state index is 13.4. The normalized spacial score (nSPS) is 18.9. The van der Waals surface area contributed by atoms with E-state index in [4.69, 9.17) is 9.47 Å². The molecule has 3 aromatic rings. The van der Waals surface area contributed by atoms with Gasteiger partial charge in [-0.25, -0.2) is 9.37 Å². The van der Waals surface area contributed by atoms with E-state index in [1.165, 1.54) is 23.5 Å². The Kier molecular flexibility index (Phi) is 5.61. The van der Waals surface area contributed by atoms with Crippen LogP contribution in [0.2, 0.25) is 0 Å². The summed E-state index contributed by atoms with van der Waals surface area (Å²) in [6.45, 7) is 5.02. The number of anilines is 1. The molecule has 0 spiro atoms. The Morgan fingerprint density at radius 3 is 2.81 bits per heavy atom. The molecule has 1 atom stereocenters. The quantitative estimate of drug-likeness (QED) is 0.655. The molecule has 1 saturated heterocycles. The molecule has 1 unspecified atom stereocenters. The monoisotopic (exact) mass is 442 g/mol. The highest BCUT2D eigenvalue weighted by Crippen LogP contribution is 2.31. The number of para-hydroxylation sites is 2. The Bertz CT molecular complexity index is 1080. The number of ether oxygens (including phenoxy) is 2. The lowest BCUT2D eigenvalue weighted by molar-refractivity contribution is -0.130. The van der Waals surface area contributed by atoms with Gasteiger partial charge < -0.3 is 19.7 Å². The topological polar surface area (TPSA) is 66.9 Å². The molecule has 7 nitrogen and oxygen atoms in total. The Balaban J connectivity index is 1.07. The van der Waals surface area contributed by atoms with E-state index < -0.39 is 6.10 Å². The third kappa shape index (κ3) is 4.42. The van der Waals surface area contributed by atoms with Crippen molar-refractivity contribution in [2.45, 2.75) is 6.10 Å². The number of piperazine rings is 1. The average Bonchev–Trinajstić information content (AvgIpc) is 3.22. The molecule has 9 heteroatoms. The molecule has 0 saturated carbocycles. The van der Waals surface area contributed by atoms with Crippen molar-refractivity contribution in [3.63, 3.8) is 0 Å². The van der Waals surface area contributed by atoms with E-state index >= 15 is 0 Å². The minimum atomic E-state index is -0.629. The fourth-order valence-corrected chi connectivity index (χ4v) is 4.83. The highest BCUT2D eigenvalue weighted by Gasteiger charge is 2.27. The standard InChI is InChI=1S/C22H23FN4O3S/c23-15-5-6-16-20(13-15)31-22(25-16)27-11-9-26(10-12-27)8-7-24-21(28)19-14-29-17-3-1-2-4-18(17)30-19/h1-6,13,19H,7-12,14H2,(H,24,28). The number of rotatable bonds is 5. The SMILES string of the molecule is O=C(NCCN1CCN(c2nc3ccc(F)cc3s2)CC1)C1COc2ccccc2O1. The molecular weight excluding hydrogens is 419 g/mol. The second kappa shape index (κ2) is 8.68. The zero-order valence-electron chi connectivity index (χ0n) is 16.9. The molecule has 1 fully saturated rings. The first-order chi connectivity index (χ1) is 15.2. The van der Waals surface area contributed by atoms with Crippen LogP contribution in [0.25, 0.3) is 10.2 Å². The van der Waals surface area contributed by atoms with Crippen molar-refractivity contribution in [1.82, 2.24) is 15.2 Å². The number of carbonyl (C=O) groups is 1. The van der Waals surface area contributed by atoms with E-state index in [2.05, 4.69) is 20.1 Å². The second-order valence-corrected chi connectivity index (χ2v) is 8.60. The van der Waals surface area contributed by atoms with Gasteiger partial charge in [-0.1, -0.05) is 23.5 Å². The minimum Gasteiger partial charge on any atom is -0.485 e. The van der Waals surface area contributed by atoms with Crippen molar-refractivity contribution in [3.05, 3.63) is 48.3 Å². The Morgan fingerprint density at radius 2 is 1.97 bits per heavy atom. The summed E-state index contributed by atoms with van der Waals surface area (Å²) in [5.41, 5.74) is 0.836. The fourth-order valence-electron chi connectivity index (χ4n) is 3.78. The van der Waals surface area contributed by atoms with Crippen LogP contribution in [0.15, 0.2) is 42.5 Å². The summed E-state index contributed by atoms with van der Waals surface area (Å²) in [4.78, 5) is 21.6. The van der Waals surface area contributed by atoms with Gasteiger partial charge in [-0.15, -0.1) is 0 Å². The van der Waals surface area contributed by atoms with Crippen LogP contribution in [0.4, 0.5) is 9.52 Å². The van der Waals surface area contributed by atoms with Gasteiger partial charge in [0.05, 0.1) is 10.2 Å². The number of halogens is 1. The molecule has 1 N–H and O–H groups in total. The van der Waals surface area contributed by atoms with E-state index in [1.807, 2.05) is 18.2 Å². The summed E-state index contributed by atoms with van der Waals surface area (Å²) in [6.07, 6.45) is -0.629. The van der Waals surface area contributed by atoms with Gasteiger partial charge in [-0.3, -0.25) is 9.69 Å². The van der Waals surface area contributed by atoms with Crippen molar-refractivity contribution < 1.29 is 18.7 Å². The lowest BCUT2D eigenvalue weighted by Crippen LogP contribution is -2.50. The summed E-state index contributed by atoms with van der Waals surface area (Å²) in [5.74, 6) is 0.879. The third-order valence-electron chi connectivity index (χ3n) is 5.51. The van der Waals surface area contributed by atoms with Crippen LogP contribution in [0.5, 0.6) is 11.5 Å². The van der Waals surface area contributed by atoms with Gasteiger partial charge in [0.25, 0.3) is 5.91 Å². The number of hydrogen-bond acceptors (Lipinski definition) is 7. The molecule has 0 aliphatic carbocycles. The van der Waals surface area contributed by atoms with E-state index in [0.29, 0.717) is 18.0 Å². The molecule has 162 valence electrons. The maximum atomic E-state index is 13.4. The Hall–Kier alpha value is -2.91. The van der Waals surface area contributed by atoms with Crippen molar-refractivity contribution in [2.75, 3.05) is 50.8 Å². The van der Waals surface area contributed by atoms with Gasteiger partial charge in [-0.2, -0.15) is 0 Å². The van der Waals surface area contributed by atoms with Crippen LogP contribution in [0.3, 0.4) is 0 Å². The number of nitrogens with one attached hydrogen (secondary N) is 1. The highest BCUT2D eigenvalue weighted by atomic mass is 32.1. The van der Waals surface area contributed by atoms with Gasteiger partial charge in [0, 0.05) is 39.3 Å². The summed E-state index contributed by atoms with van der Waals surface area (Å²) in [7, 11) is 0. The minimum absolute atomic E-state index is 0.158. The molecule has 1 amide bonds. The number of nitrogens with zero attached hydrogens (tertiary/aromatic N) is 3. The summed E-state index contributed by atoms with van der Waals surface area (Å²) in [6, 6.07) is 12.1. The lowest BCUT2D eigenvalue weighted by Gasteiger charge is -2.34. The Morgan fingerprint density at radius 1 is 1.16 bits per heavy atom. The molecule has 2 aromatic carbocycles. The van der Waals surface area contributed by atoms with E-state index in [1.54, 1.807) is 12.1 Å². The number of thiazole rings is 1. The molecule has 0 radical (unpaired) electrons. The molecule has 2 aliphatic heterocycles. The Labute approximate surface area is 183 Å². The summed E-state index contributed by atoms with van der Waals surface area (Å²) < 4.78 is 25.6. The van der Waals surface area contributed by atoms with Crippen molar-refractivity contribution in [2.24, 2.45) is 0 Å². The van der Waals surface area contributed by atoms with Gasteiger partial charge in [0.1, 0.15) is 12.4 Å². The second-order valence-electron chi connectivity index (χ2n) is 7.59. The van der Waals surface area contributed by atoms with Crippen LogP contribution < -0.4 is 19.7 Å². The van der Waals surface area contributed by atoms with Crippen LogP contribution in [0.1, 0.15) is 0 Å². The maximum Gasteiger partial charge on any atom is 0.264 e. The smallest absolute Gasteiger partial charge is 0.264 e. The number of fused-ring (bicyclic) bond motifs is 2.